The number of hydrogen-bond acceptors (Lipinski definition) is 5. The Hall–Kier alpha value is -2.99. The predicted molar refractivity (Wildman–Crippen MR) is 98.8 cm³/mol. The number of aromatic nitrogens is 1. The molecule has 0 spiro atoms. The van der Waals surface area contributed by atoms with Crippen LogP contribution in [0.2, 0.25) is 0 Å². The minimum atomic E-state index is -0.477. The van der Waals surface area contributed by atoms with Gasteiger partial charge in [0.1, 0.15) is 18.4 Å². The van der Waals surface area contributed by atoms with Crippen molar-refractivity contribution in [3.63, 3.8) is 0 Å². The van der Waals surface area contributed by atoms with Gasteiger partial charge in [0.2, 0.25) is 5.89 Å². The second-order valence-corrected chi connectivity index (χ2v) is 7.62. The predicted octanol–water partition coefficient (Wildman–Crippen LogP) is 4.73. The molecule has 0 saturated carbocycles. The Kier molecular flexibility index (Phi) is 5.37. The second kappa shape index (κ2) is 7.72. The summed E-state index contributed by atoms with van der Waals surface area (Å²) in [5, 5.41) is 3.77. The fraction of sp³-hybridized carbons (Fsp3) is 0.474. The lowest BCUT2D eigenvalue weighted by atomic mass is 9.94. The minimum absolute atomic E-state index is 0.175. The normalized spacial score (nSPS) is 19.6. The molecule has 1 aliphatic rings. The lowest BCUT2D eigenvalue weighted by molar-refractivity contribution is 0.0871. The molecule has 0 bridgehead atoms. The maximum atomic E-state index is 12.7. The molecule has 2 heterocycles. The molecule has 27 heavy (non-hydrogen) atoms. The maximum Gasteiger partial charge on any atom is 0.410 e. The van der Waals surface area contributed by atoms with Crippen molar-refractivity contribution in [2.24, 2.45) is 5.11 Å². The molecule has 1 fully saturated rings. The number of likely N-dealkylation sites (tertiary alicyclic amines) is 1. The lowest BCUT2D eigenvalue weighted by Gasteiger charge is -2.22. The van der Waals surface area contributed by atoms with Crippen LogP contribution in [0.4, 0.5) is 4.79 Å². The van der Waals surface area contributed by atoms with Gasteiger partial charge in [-0.25, -0.2) is 9.78 Å². The summed E-state index contributed by atoms with van der Waals surface area (Å²) >= 11 is 0. The molecule has 142 valence electrons. The van der Waals surface area contributed by atoms with E-state index >= 15 is 0 Å². The number of ether oxygens (including phenoxy) is 1. The average molecular weight is 369 g/mol. The van der Waals surface area contributed by atoms with Crippen molar-refractivity contribution in [2.45, 2.75) is 51.3 Å². The van der Waals surface area contributed by atoms with Crippen molar-refractivity contribution in [1.82, 2.24) is 9.88 Å². The van der Waals surface area contributed by atoms with E-state index in [2.05, 4.69) is 15.0 Å². The van der Waals surface area contributed by atoms with Crippen LogP contribution in [-0.2, 0) is 16.8 Å². The molecule has 1 saturated heterocycles. The van der Waals surface area contributed by atoms with E-state index in [9.17, 15) is 4.79 Å². The monoisotopic (exact) mass is 369 g/mol. The highest BCUT2D eigenvalue weighted by molar-refractivity contribution is 5.68. The summed E-state index contributed by atoms with van der Waals surface area (Å²) in [5.41, 5.74) is 9.47. The first-order valence-electron chi connectivity index (χ1n) is 8.86. The highest BCUT2D eigenvalue weighted by Crippen LogP contribution is 2.35. The molecule has 1 amide bonds. The number of benzene rings is 1. The van der Waals surface area contributed by atoms with E-state index in [-0.39, 0.29) is 24.6 Å². The molecule has 1 aliphatic heterocycles. The van der Waals surface area contributed by atoms with Crippen molar-refractivity contribution in [2.75, 3.05) is 6.54 Å². The maximum absolute atomic E-state index is 12.7. The number of nitrogens with zero attached hydrogens (tertiary/aromatic N) is 5. The van der Waals surface area contributed by atoms with Gasteiger partial charge in [0.25, 0.3) is 0 Å². The van der Waals surface area contributed by atoms with Crippen LogP contribution < -0.4 is 0 Å². The van der Waals surface area contributed by atoms with Crippen molar-refractivity contribution in [1.29, 1.82) is 0 Å². The standard InChI is InChI=1S/C19H23N5O3/c1-19(2,3)16-10-21-17(27-16)15-9-14(22-23-20)11-24(15)18(25)26-12-13-7-5-4-6-8-13/h4-8,10,14-15H,9,11-12H2,1-3H3/t14-,15-/m0/s1. The van der Waals surface area contributed by atoms with Crippen LogP contribution in [0.3, 0.4) is 0 Å². The van der Waals surface area contributed by atoms with Crippen molar-refractivity contribution in [3.8, 4) is 0 Å². The number of rotatable bonds is 4. The van der Waals surface area contributed by atoms with E-state index in [0.717, 1.165) is 11.3 Å². The van der Waals surface area contributed by atoms with Crippen LogP contribution in [-0.4, -0.2) is 28.6 Å². The largest absolute Gasteiger partial charge is 0.445 e. The molecule has 0 unspecified atom stereocenters. The zero-order valence-corrected chi connectivity index (χ0v) is 15.7. The highest BCUT2D eigenvalue weighted by Gasteiger charge is 2.40. The smallest absolute Gasteiger partial charge is 0.410 e. The van der Waals surface area contributed by atoms with Gasteiger partial charge in [-0.15, -0.1) is 0 Å². The molecule has 3 rings (SSSR count). The topological polar surface area (TPSA) is 104 Å². The molecule has 0 radical (unpaired) electrons. The summed E-state index contributed by atoms with van der Waals surface area (Å²) in [6.45, 7) is 6.53. The third kappa shape index (κ3) is 4.41. The zero-order chi connectivity index (χ0) is 19.4. The molecular weight excluding hydrogens is 346 g/mol. The summed E-state index contributed by atoms with van der Waals surface area (Å²) in [6, 6.07) is 8.71. The van der Waals surface area contributed by atoms with Crippen LogP contribution in [0, 0.1) is 0 Å². The van der Waals surface area contributed by atoms with Gasteiger partial charge >= 0.3 is 6.09 Å². The molecule has 1 aromatic heterocycles. The Morgan fingerprint density at radius 1 is 1.41 bits per heavy atom. The first-order valence-corrected chi connectivity index (χ1v) is 8.86. The minimum Gasteiger partial charge on any atom is -0.445 e. The molecule has 8 nitrogen and oxygen atoms in total. The Morgan fingerprint density at radius 2 is 2.15 bits per heavy atom. The van der Waals surface area contributed by atoms with Gasteiger partial charge in [0.15, 0.2) is 0 Å². The second-order valence-electron chi connectivity index (χ2n) is 7.62. The van der Waals surface area contributed by atoms with Crippen molar-refractivity contribution in [3.05, 3.63) is 64.2 Å². The first-order chi connectivity index (χ1) is 12.9. The van der Waals surface area contributed by atoms with E-state index in [1.54, 1.807) is 6.20 Å². The summed E-state index contributed by atoms with van der Waals surface area (Å²) in [6.07, 6.45) is 1.66. The fourth-order valence-corrected chi connectivity index (χ4v) is 3.00. The molecular formula is C19H23N5O3. The molecule has 0 aliphatic carbocycles. The van der Waals surface area contributed by atoms with Crippen LogP contribution in [0.25, 0.3) is 10.4 Å². The first kappa shape index (κ1) is 18.8. The van der Waals surface area contributed by atoms with Gasteiger partial charge in [0.05, 0.1) is 12.2 Å². The molecule has 2 atom stereocenters. The van der Waals surface area contributed by atoms with E-state index in [1.165, 1.54) is 4.90 Å². The number of oxazole rings is 1. The molecule has 1 aromatic carbocycles. The number of azide groups is 1. The number of carbonyl (C=O) groups is 1. The van der Waals surface area contributed by atoms with Crippen LogP contribution in [0.15, 0.2) is 46.1 Å². The van der Waals surface area contributed by atoms with E-state index in [4.69, 9.17) is 14.7 Å². The summed E-state index contributed by atoms with van der Waals surface area (Å²) in [4.78, 5) is 21.4. The Bertz CT molecular complexity index is 837. The zero-order valence-electron chi connectivity index (χ0n) is 15.7. The number of hydrogen-bond donors (Lipinski definition) is 0. The van der Waals surface area contributed by atoms with Crippen molar-refractivity contribution >= 4 is 6.09 Å². The Balaban J connectivity index is 1.76. The van der Waals surface area contributed by atoms with Gasteiger partial charge in [0, 0.05) is 16.9 Å². The SMILES string of the molecule is CC(C)(C)c1cnc([C@@H]2C[C@H](N=[N+]=[N-])CN2C(=O)OCc2ccccc2)o1. The number of amides is 1. The van der Waals surface area contributed by atoms with E-state index < -0.39 is 12.1 Å². The van der Waals surface area contributed by atoms with Crippen LogP contribution >= 0.6 is 0 Å². The Morgan fingerprint density at radius 3 is 2.78 bits per heavy atom. The third-order valence-electron chi connectivity index (χ3n) is 4.48. The average Bonchev–Trinajstić information content (AvgIpc) is 3.27. The van der Waals surface area contributed by atoms with E-state index in [1.807, 2.05) is 51.1 Å². The molecule has 0 N–H and O–H groups in total. The third-order valence-corrected chi connectivity index (χ3v) is 4.48. The summed E-state index contributed by atoms with van der Waals surface area (Å²) in [5.74, 6) is 1.18. The van der Waals surface area contributed by atoms with Gasteiger partial charge in [-0.1, -0.05) is 56.2 Å². The molecule has 8 heteroatoms. The number of carbonyl (C=O) groups excluding carboxylic acids is 1. The van der Waals surface area contributed by atoms with Gasteiger partial charge < -0.3 is 9.15 Å². The Labute approximate surface area is 157 Å². The van der Waals surface area contributed by atoms with Gasteiger partial charge in [-0.2, -0.15) is 0 Å². The highest BCUT2D eigenvalue weighted by atomic mass is 16.6. The van der Waals surface area contributed by atoms with Crippen LogP contribution in [0.5, 0.6) is 0 Å². The fourth-order valence-electron chi connectivity index (χ4n) is 3.00. The summed E-state index contributed by atoms with van der Waals surface area (Å²) < 4.78 is 11.4. The van der Waals surface area contributed by atoms with Crippen molar-refractivity contribution < 1.29 is 13.9 Å². The quantitative estimate of drug-likeness (QED) is 0.441. The lowest BCUT2D eigenvalue weighted by Crippen LogP contribution is -2.32. The van der Waals surface area contributed by atoms with E-state index in [0.29, 0.717) is 12.3 Å². The van der Waals surface area contributed by atoms with Gasteiger partial charge in [-0.05, 0) is 17.5 Å². The van der Waals surface area contributed by atoms with Crippen LogP contribution in [0.1, 0.15) is 50.4 Å². The molecule has 2 aromatic rings. The summed E-state index contributed by atoms with van der Waals surface area (Å²) in [7, 11) is 0. The van der Waals surface area contributed by atoms with Gasteiger partial charge in [-0.3, -0.25) is 4.90 Å².